The first-order valence-corrected chi connectivity index (χ1v) is 13.1. The summed E-state index contributed by atoms with van der Waals surface area (Å²) in [6.45, 7) is 4.02. The van der Waals surface area contributed by atoms with Crippen molar-refractivity contribution in [1.82, 2.24) is 9.80 Å². The molecule has 0 bridgehead atoms. The quantitative estimate of drug-likeness (QED) is 0.256. The molecule has 204 valence electrons. The molecule has 0 radical (unpaired) electrons. The maximum absolute atomic E-state index is 13.7. The minimum Gasteiger partial charge on any atom is -0.464 e. The SMILES string of the molecule is C=CCN(CC(=O)N(Cc1ccc2c(c1)OCO2)Cc1coc2ccc(Cl)cc2c1=O)C(=O)Cc1ccccc1. The number of carbonyl (C=O) groups is 2. The minimum absolute atomic E-state index is 0.0349. The number of carbonyl (C=O) groups excluding carboxylic acids is 2. The molecule has 1 aliphatic heterocycles. The zero-order chi connectivity index (χ0) is 28.1. The van der Waals surface area contributed by atoms with Crippen molar-refractivity contribution < 1.29 is 23.5 Å². The third kappa shape index (κ3) is 6.18. The molecule has 2 heterocycles. The number of nitrogens with zero attached hydrogens (tertiary/aromatic N) is 2. The van der Waals surface area contributed by atoms with Crippen LogP contribution in [0.15, 0.2) is 94.9 Å². The summed E-state index contributed by atoms with van der Waals surface area (Å²) in [5, 5.41) is 0.731. The van der Waals surface area contributed by atoms with Gasteiger partial charge < -0.3 is 23.7 Å². The molecule has 2 amide bonds. The fourth-order valence-electron chi connectivity index (χ4n) is 4.51. The summed E-state index contributed by atoms with van der Waals surface area (Å²) in [5.74, 6) is 0.655. The lowest BCUT2D eigenvalue weighted by Crippen LogP contribution is -2.43. The van der Waals surface area contributed by atoms with Crippen LogP contribution in [0.2, 0.25) is 5.02 Å². The van der Waals surface area contributed by atoms with Gasteiger partial charge in [0.25, 0.3) is 0 Å². The monoisotopic (exact) mass is 558 g/mol. The molecule has 5 rings (SSSR count). The molecular formula is C31H27ClN2O6. The molecule has 1 aromatic heterocycles. The van der Waals surface area contributed by atoms with Crippen LogP contribution >= 0.6 is 11.6 Å². The van der Waals surface area contributed by atoms with E-state index in [-0.39, 0.29) is 62.2 Å². The third-order valence-electron chi connectivity index (χ3n) is 6.56. The predicted molar refractivity (Wildman–Crippen MR) is 151 cm³/mol. The van der Waals surface area contributed by atoms with E-state index in [0.29, 0.717) is 27.5 Å². The van der Waals surface area contributed by atoms with E-state index >= 15 is 0 Å². The van der Waals surface area contributed by atoms with E-state index in [1.165, 1.54) is 16.1 Å². The maximum Gasteiger partial charge on any atom is 0.242 e. The minimum atomic E-state index is -0.341. The summed E-state index contributed by atoms with van der Waals surface area (Å²) in [5.41, 5.74) is 2.02. The van der Waals surface area contributed by atoms with Crippen LogP contribution in [-0.2, 0) is 29.1 Å². The van der Waals surface area contributed by atoms with Crippen LogP contribution in [0.1, 0.15) is 16.7 Å². The van der Waals surface area contributed by atoms with Crippen molar-refractivity contribution in [2.45, 2.75) is 19.5 Å². The van der Waals surface area contributed by atoms with Gasteiger partial charge in [-0.3, -0.25) is 14.4 Å². The normalized spacial score (nSPS) is 11.8. The van der Waals surface area contributed by atoms with E-state index < -0.39 is 0 Å². The Balaban J connectivity index is 1.42. The molecule has 0 atom stereocenters. The molecule has 8 nitrogen and oxygen atoms in total. The van der Waals surface area contributed by atoms with Gasteiger partial charge in [0.15, 0.2) is 16.9 Å². The fraction of sp³-hybridized carbons (Fsp3) is 0.194. The molecule has 40 heavy (non-hydrogen) atoms. The van der Waals surface area contributed by atoms with Gasteiger partial charge in [0, 0.05) is 18.1 Å². The highest BCUT2D eigenvalue weighted by Gasteiger charge is 2.24. The summed E-state index contributed by atoms with van der Waals surface area (Å²) >= 11 is 6.11. The Labute approximate surface area is 236 Å². The van der Waals surface area contributed by atoms with Crippen molar-refractivity contribution in [1.29, 1.82) is 0 Å². The molecule has 0 unspecified atom stereocenters. The van der Waals surface area contributed by atoms with Crippen LogP contribution in [0.3, 0.4) is 0 Å². The molecule has 3 aromatic carbocycles. The van der Waals surface area contributed by atoms with Crippen LogP contribution in [0.25, 0.3) is 11.0 Å². The summed E-state index contributed by atoms with van der Waals surface area (Å²) in [6, 6.07) is 19.6. The van der Waals surface area contributed by atoms with Gasteiger partial charge in [0.2, 0.25) is 18.6 Å². The Morgan fingerprint density at radius 2 is 1.70 bits per heavy atom. The number of benzene rings is 3. The van der Waals surface area contributed by atoms with Crippen molar-refractivity contribution in [3.05, 3.63) is 118 Å². The second-order valence-corrected chi connectivity index (χ2v) is 9.83. The molecule has 1 aliphatic rings. The van der Waals surface area contributed by atoms with Gasteiger partial charge in [-0.15, -0.1) is 6.58 Å². The van der Waals surface area contributed by atoms with Crippen molar-refractivity contribution in [2.24, 2.45) is 0 Å². The number of rotatable bonds is 10. The highest BCUT2D eigenvalue weighted by molar-refractivity contribution is 6.31. The number of hydrogen-bond acceptors (Lipinski definition) is 6. The standard InChI is InChI=1S/C31H27ClN2O6/c1-2-12-33(29(35)14-21-6-4-3-5-7-21)18-30(36)34(16-22-8-10-27-28(13-22)40-20-39-27)17-23-19-38-26-11-9-24(32)15-25(26)31(23)37/h2-11,13,15,19H,1,12,14,16-18,20H2. The lowest BCUT2D eigenvalue weighted by Gasteiger charge is -2.27. The van der Waals surface area contributed by atoms with Gasteiger partial charge in [-0.25, -0.2) is 0 Å². The zero-order valence-corrected chi connectivity index (χ0v) is 22.4. The van der Waals surface area contributed by atoms with Crippen molar-refractivity contribution in [3.8, 4) is 11.5 Å². The van der Waals surface area contributed by atoms with Crippen LogP contribution in [0.5, 0.6) is 11.5 Å². The molecule has 9 heteroatoms. The second kappa shape index (κ2) is 12.1. The second-order valence-electron chi connectivity index (χ2n) is 9.39. The highest BCUT2D eigenvalue weighted by atomic mass is 35.5. The Hall–Kier alpha value is -4.56. The predicted octanol–water partition coefficient (Wildman–Crippen LogP) is 4.96. The number of hydrogen-bond donors (Lipinski definition) is 0. The number of amides is 2. The van der Waals surface area contributed by atoms with Crippen molar-refractivity contribution in [2.75, 3.05) is 19.9 Å². The Morgan fingerprint density at radius 1 is 0.900 bits per heavy atom. The number of halogens is 1. The molecule has 0 saturated carbocycles. The molecule has 4 aromatic rings. The van der Waals surface area contributed by atoms with Gasteiger partial charge in [-0.1, -0.05) is 54.1 Å². The first-order chi connectivity index (χ1) is 19.4. The Morgan fingerprint density at radius 3 is 2.50 bits per heavy atom. The first-order valence-electron chi connectivity index (χ1n) is 12.7. The largest absolute Gasteiger partial charge is 0.464 e. The lowest BCUT2D eigenvalue weighted by molar-refractivity contribution is -0.140. The van der Waals surface area contributed by atoms with Gasteiger partial charge >= 0.3 is 0 Å². The molecule has 0 aliphatic carbocycles. The molecular weight excluding hydrogens is 532 g/mol. The first kappa shape index (κ1) is 27.0. The van der Waals surface area contributed by atoms with E-state index in [4.69, 9.17) is 25.5 Å². The molecule has 0 saturated heterocycles. The van der Waals surface area contributed by atoms with Crippen molar-refractivity contribution in [3.63, 3.8) is 0 Å². The van der Waals surface area contributed by atoms with E-state index in [9.17, 15) is 14.4 Å². The summed E-state index contributed by atoms with van der Waals surface area (Å²) in [7, 11) is 0. The van der Waals surface area contributed by atoms with E-state index in [1.807, 2.05) is 36.4 Å². The van der Waals surface area contributed by atoms with Crippen LogP contribution in [-0.4, -0.2) is 41.5 Å². The topological polar surface area (TPSA) is 89.3 Å². The number of fused-ring (bicyclic) bond motifs is 2. The molecule has 0 spiro atoms. The van der Waals surface area contributed by atoms with Crippen LogP contribution < -0.4 is 14.9 Å². The van der Waals surface area contributed by atoms with Crippen LogP contribution in [0, 0.1) is 0 Å². The fourth-order valence-corrected chi connectivity index (χ4v) is 4.68. The third-order valence-corrected chi connectivity index (χ3v) is 6.79. The summed E-state index contributed by atoms with van der Waals surface area (Å²) < 4.78 is 16.6. The smallest absolute Gasteiger partial charge is 0.242 e. The Kier molecular flexibility index (Phi) is 8.17. The molecule has 0 fully saturated rings. The maximum atomic E-state index is 13.7. The van der Waals surface area contributed by atoms with Gasteiger partial charge in [-0.05, 0) is 41.5 Å². The number of ether oxygens (including phenoxy) is 2. The van der Waals surface area contributed by atoms with E-state index in [1.54, 1.807) is 36.4 Å². The van der Waals surface area contributed by atoms with Gasteiger partial charge in [0.1, 0.15) is 12.1 Å². The average Bonchev–Trinajstić information content (AvgIpc) is 3.42. The van der Waals surface area contributed by atoms with E-state index in [0.717, 1.165) is 11.1 Å². The Bertz CT molecular complexity index is 1620. The summed E-state index contributed by atoms with van der Waals surface area (Å²) in [4.78, 5) is 43.2. The summed E-state index contributed by atoms with van der Waals surface area (Å²) in [6.07, 6.45) is 3.10. The average molecular weight is 559 g/mol. The van der Waals surface area contributed by atoms with E-state index in [2.05, 4.69) is 6.58 Å². The lowest BCUT2D eigenvalue weighted by atomic mass is 10.1. The van der Waals surface area contributed by atoms with Crippen molar-refractivity contribution >= 4 is 34.4 Å². The molecule has 0 N–H and O–H groups in total. The zero-order valence-electron chi connectivity index (χ0n) is 21.7. The van der Waals surface area contributed by atoms with Gasteiger partial charge in [0.05, 0.1) is 30.2 Å². The highest BCUT2D eigenvalue weighted by Crippen LogP contribution is 2.33. The van der Waals surface area contributed by atoms with Crippen LogP contribution in [0.4, 0.5) is 0 Å². The van der Waals surface area contributed by atoms with Gasteiger partial charge in [-0.2, -0.15) is 0 Å².